The molecule has 2 rings (SSSR count). The summed E-state index contributed by atoms with van der Waals surface area (Å²) in [5, 5.41) is 0. The minimum Gasteiger partial charge on any atom is -0.291 e. The maximum Gasteiger partial charge on any atom is 0.391 e. The van der Waals surface area contributed by atoms with Crippen molar-refractivity contribution < 1.29 is 13.2 Å². The first-order chi connectivity index (χ1) is 9.19. The van der Waals surface area contributed by atoms with Crippen molar-refractivity contribution in [1.29, 1.82) is 0 Å². The minimum atomic E-state index is -4.09. The van der Waals surface area contributed by atoms with E-state index >= 15 is 0 Å². The van der Waals surface area contributed by atoms with Gasteiger partial charge in [0.25, 0.3) is 0 Å². The second-order valence-electron chi connectivity index (χ2n) is 6.55. The predicted molar refractivity (Wildman–Crippen MR) is 74.4 cm³/mol. The fourth-order valence-corrected chi connectivity index (χ4v) is 3.06. The molecule has 1 aliphatic rings. The Morgan fingerprint density at radius 3 is 2.15 bits per heavy atom. The predicted octanol–water partition coefficient (Wildman–Crippen LogP) is 4.80. The van der Waals surface area contributed by atoms with Gasteiger partial charge in [-0.2, -0.15) is 13.2 Å². The van der Waals surface area contributed by atoms with E-state index in [2.05, 4.69) is 25.7 Å². The Kier molecular flexibility index (Phi) is 4.14. The number of likely N-dealkylation sites (tertiary alicyclic amines) is 1. The standard InChI is InChI=1S/C16H22F3N/c1-15(2,3)20-10-9-13(16(17,18)19)11-14(20)12-7-5-4-6-8-12/h4-8,13-14H,9-11H2,1-3H3/t13-,14-/m0/s1. The summed E-state index contributed by atoms with van der Waals surface area (Å²) in [6.07, 6.45) is -3.73. The van der Waals surface area contributed by atoms with Crippen molar-refractivity contribution in [2.24, 2.45) is 5.92 Å². The minimum absolute atomic E-state index is 0.128. The van der Waals surface area contributed by atoms with E-state index in [-0.39, 0.29) is 24.4 Å². The molecule has 1 aromatic carbocycles. The molecule has 0 saturated carbocycles. The number of alkyl halides is 3. The van der Waals surface area contributed by atoms with Crippen molar-refractivity contribution in [3.63, 3.8) is 0 Å². The van der Waals surface area contributed by atoms with Crippen molar-refractivity contribution in [1.82, 2.24) is 4.90 Å². The quantitative estimate of drug-likeness (QED) is 0.716. The fraction of sp³-hybridized carbons (Fsp3) is 0.625. The van der Waals surface area contributed by atoms with Crippen LogP contribution in [0.4, 0.5) is 13.2 Å². The van der Waals surface area contributed by atoms with Gasteiger partial charge in [0.05, 0.1) is 5.92 Å². The zero-order valence-electron chi connectivity index (χ0n) is 12.2. The van der Waals surface area contributed by atoms with Crippen molar-refractivity contribution in [3.8, 4) is 0 Å². The van der Waals surface area contributed by atoms with Crippen LogP contribution < -0.4 is 0 Å². The maximum absolute atomic E-state index is 13.0. The van der Waals surface area contributed by atoms with Gasteiger partial charge in [-0.3, -0.25) is 4.90 Å². The molecule has 20 heavy (non-hydrogen) atoms. The molecule has 1 aromatic rings. The van der Waals surface area contributed by atoms with E-state index in [0.29, 0.717) is 6.54 Å². The van der Waals surface area contributed by atoms with E-state index in [9.17, 15) is 13.2 Å². The van der Waals surface area contributed by atoms with Gasteiger partial charge in [0.2, 0.25) is 0 Å². The molecule has 1 aliphatic heterocycles. The number of hydrogen-bond acceptors (Lipinski definition) is 1. The first-order valence-electron chi connectivity index (χ1n) is 7.08. The number of hydrogen-bond donors (Lipinski definition) is 0. The number of halogens is 3. The van der Waals surface area contributed by atoms with Gasteiger partial charge < -0.3 is 0 Å². The zero-order valence-corrected chi connectivity index (χ0v) is 12.2. The molecule has 1 saturated heterocycles. The molecule has 112 valence electrons. The summed E-state index contributed by atoms with van der Waals surface area (Å²) in [5.41, 5.74) is 0.855. The zero-order chi connectivity index (χ0) is 15.0. The van der Waals surface area contributed by atoms with E-state index in [1.807, 2.05) is 30.3 Å². The fourth-order valence-electron chi connectivity index (χ4n) is 3.06. The highest BCUT2D eigenvalue weighted by Crippen LogP contribution is 2.44. The van der Waals surface area contributed by atoms with Gasteiger partial charge in [-0.05, 0) is 45.7 Å². The van der Waals surface area contributed by atoms with Gasteiger partial charge in [-0.15, -0.1) is 0 Å². The Bertz CT molecular complexity index is 433. The van der Waals surface area contributed by atoms with Crippen LogP contribution >= 0.6 is 0 Å². The van der Waals surface area contributed by atoms with E-state index in [1.165, 1.54) is 0 Å². The van der Waals surface area contributed by atoms with E-state index < -0.39 is 12.1 Å². The molecule has 0 spiro atoms. The van der Waals surface area contributed by atoms with Crippen molar-refractivity contribution in [2.75, 3.05) is 6.54 Å². The Hall–Kier alpha value is -1.03. The number of rotatable bonds is 1. The normalized spacial score (nSPS) is 25.7. The molecule has 0 aliphatic carbocycles. The van der Waals surface area contributed by atoms with Gasteiger partial charge >= 0.3 is 6.18 Å². The Morgan fingerprint density at radius 2 is 1.65 bits per heavy atom. The third kappa shape index (κ3) is 3.35. The number of piperidine rings is 1. The molecule has 0 unspecified atom stereocenters. The molecule has 0 N–H and O–H groups in total. The average Bonchev–Trinajstić information content (AvgIpc) is 2.37. The lowest BCUT2D eigenvalue weighted by Crippen LogP contribution is -2.49. The van der Waals surface area contributed by atoms with Crippen LogP contribution in [0.1, 0.15) is 45.2 Å². The van der Waals surface area contributed by atoms with Crippen LogP contribution in [0.25, 0.3) is 0 Å². The molecule has 1 fully saturated rings. The monoisotopic (exact) mass is 285 g/mol. The molecule has 1 heterocycles. The first kappa shape index (κ1) is 15.4. The van der Waals surface area contributed by atoms with E-state index in [0.717, 1.165) is 5.56 Å². The SMILES string of the molecule is CC(C)(C)N1CC[C@H](C(F)(F)F)C[C@H]1c1ccccc1. The molecule has 0 radical (unpaired) electrons. The lowest BCUT2D eigenvalue weighted by atomic mass is 9.84. The summed E-state index contributed by atoms with van der Waals surface area (Å²) in [7, 11) is 0. The summed E-state index contributed by atoms with van der Waals surface area (Å²) in [4.78, 5) is 2.20. The van der Waals surface area contributed by atoms with E-state index in [4.69, 9.17) is 0 Å². The van der Waals surface area contributed by atoms with Crippen LogP contribution in [0.15, 0.2) is 30.3 Å². The Balaban J connectivity index is 2.29. The van der Waals surface area contributed by atoms with E-state index in [1.54, 1.807) is 0 Å². The highest BCUT2D eigenvalue weighted by atomic mass is 19.4. The summed E-state index contributed by atoms with van der Waals surface area (Å²) >= 11 is 0. The van der Waals surface area contributed by atoms with Crippen molar-refractivity contribution >= 4 is 0 Å². The third-order valence-electron chi connectivity index (χ3n) is 4.11. The Morgan fingerprint density at radius 1 is 1.05 bits per heavy atom. The van der Waals surface area contributed by atoms with Crippen LogP contribution in [0, 0.1) is 5.92 Å². The average molecular weight is 285 g/mol. The summed E-state index contributed by atoms with van der Waals surface area (Å²) in [6.45, 7) is 6.69. The molecule has 4 heteroatoms. The molecule has 0 bridgehead atoms. The highest BCUT2D eigenvalue weighted by molar-refractivity contribution is 5.20. The third-order valence-corrected chi connectivity index (χ3v) is 4.11. The van der Waals surface area contributed by atoms with Crippen LogP contribution in [0.3, 0.4) is 0 Å². The largest absolute Gasteiger partial charge is 0.391 e. The molecule has 2 atom stereocenters. The van der Waals surface area contributed by atoms with Crippen molar-refractivity contribution in [2.45, 2.75) is 51.4 Å². The van der Waals surface area contributed by atoms with Gasteiger partial charge in [-0.1, -0.05) is 30.3 Å². The lowest BCUT2D eigenvalue weighted by molar-refractivity contribution is -0.193. The van der Waals surface area contributed by atoms with Gasteiger partial charge in [0, 0.05) is 11.6 Å². The topological polar surface area (TPSA) is 3.24 Å². The Labute approximate surface area is 118 Å². The van der Waals surface area contributed by atoms with Gasteiger partial charge in [0.1, 0.15) is 0 Å². The number of nitrogens with zero attached hydrogens (tertiary/aromatic N) is 1. The highest BCUT2D eigenvalue weighted by Gasteiger charge is 2.46. The number of benzene rings is 1. The van der Waals surface area contributed by atoms with Crippen LogP contribution in [-0.4, -0.2) is 23.2 Å². The smallest absolute Gasteiger partial charge is 0.291 e. The summed E-state index contributed by atoms with van der Waals surface area (Å²) in [6, 6.07) is 9.40. The van der Waals surface area contributed by atoms with Crippen LogP contribution in [-0.2, 0) is 0 Å². The molecule has 1 nitrogen and oxygen atoms in total. The van der Waals surface area contributed by atoms with Gasteiger partial charge in [0.15, 0.2) is 0 Å². The second kappa shape index (κ2) is 5.40. The first-order valence-corrected chi connectivity index (χ1v) is 7.08. The van der Waals surface area contributed by atoms with Gasteiger partial charge in [-0.25, -0.2) is 0 Å². The lowest BCUT2D eigenvalue weighted by Gasteiger charge is -2.47. The van der Waals surface area contributed by atoms with Crippen LogP contribution in [0.5, 0.6) is 0 Å². The molecule has 0 amide bonds. The summed E-state index contributed by atoms with van der Waals surface area (Å²) in [5.74, 6) is -1.19. The molecular weight excluding hydrogens is 263 g/mol. The molecular formula is C16H22F3N. The van der Waals surface area contributed by atoms with Crippen molar-refractivity contribution in [3.05, 3.63) is 35.9 Å². The second-order valence-corrected chi connectivity index (χ2v) is 6.55. The van der Waals surface area contributed by atoms with Crippen LogP contribution in [0.2, 0.25) is 0 Å². The molecule has 0 aromatic heterocycles. The maximum atomic E-state index is 13.0. The summed E-state index contributed by atoms with van der Waals surface area (Å²) < 4.78 is 39.1.